The molecule has 0 spiro atoms. The number of hydrogen-bond donors (Lipinski definition) is 1. The lowest BCUT2D eigenvalue weighted by Crippen LogP contribution is -2.25. The van der Waals surface area contributed by atoms with Crippen LogP contribution in [0, 0.1) is 5.92 Å². The Morgan fingerprint density at radius 3 is 2.38 bits per heavy atom. The van der Waals surface area contributed by atoms with E-state index in [0.717, 1.165) is 12.8 Å². The molecule has 0 aromatic heterocycles. The summed E-state index contributed by atoms with van der Waals surface area (Å²) in [6, 6.07) is -0.0859. The van der Waals surface area contributed by atoms with E-state index in [4.69, 9.17) is 5.73 Å². The highest BCUT2D eigenvalue weighted by Crippen LogP contribution is 2.27. The summed E-state index contributed by atoms with van der Waals surface area (Å²) < 4.78 is 21.6. The number of hydrogen-bond acceptors (Lipinski definition) is 3. The second-order valence-electron chi connectivity index (χ2n) is 3.78. The van der Waals surface area contributed by atoms with Crippen LogP contribution in [0.3, 0.4) is 0 Å². The zero-order chi connectivity index (χ0) is 9.90. The lowest BCUT2D eigenvalue weighted by atomic mass is 9.99. The zero-order valence-electron chi connectivity index (χ0n) is 7.94. The molecule has 0 bridgehead atoms. The first-order valence-corrected chi connectivity index (χ1v) is 6.58. The van der Waals surface area contributed by atoms with Crippen molar-refractivity contribution in [1.29, 1.82) is 0 Å². The summed E-state index contributed by atoms with van der Waals surface area (Å²) in [6.07, 6.45) is 7.52. The number of rotatable bonds is 3. The molecule has 3 nitrogen and oxygen atoms in total. The molecular formula is C9H17NO2S. The first kappa shape index (κ1) is 10.7. The normalized spacial score (nSPS) is 22.6. The van der Waals surface area contributed by atoms with E-state index in [1.165, 1.54) is 24.5 Å². The molecule has 1 atom stereocenters. The lowest BCUT2D eigenvalue weighted by molar-refractivity contribution is 0.490. The maximum absolute atomic E-state index is 10.8. The predicted octanol–water partition coefficient (Wildman–Crippen LogP) is 1.06. The molecule has 0 radical (unpaired) electrons. The molecular weight excluding hydrogens is 186 g/mol. The van der Waals surface area contributed by atoms with Crippen molar-refractivity contribution >= 4 is 9.84 Å². The average molecular weight is 203 g/mol. The molecule has 76 valence electrons. The van der Waals surface area contributed by atoms with Crippen LogP contribution in [-0.4, -0.2) is 20.7 Å². The summed E-state index contributed by atoms with van der Waals surface area (Å²) in [5.74, 6) is 0.484. The molecule has 0 aliphatic heterocycles. The Labute approximate surface area is 79.9 Å². The molecule has 1 unspecified atom stereocenters. The minimum absolute atomic E-state index is 0.0859. The molecule has 1 saturated carbocycles. The summed E-state index contributed by atoms with van der Waals surface area (Å²) in [6.45, 7) is 0. The highest BCUT2D eigenvalue weighted by molar-refractivity contribution is 7.93. The standard InChI is InChI=1S/C9H17NO2S/c1-13(11,12)7-6-9(10)8-4-2-3-5-8/h6-9H,2-5,10H2,1H3/b7-6+. The van der Waals surface area contributed by atoms with Crippen LogP contribution in [0.2, 0.25) is 0 Å². The van der Waals surface area contributed by atoms with Crippen LogP contribution in [-0.2, 0) is 9.84 Å². The van der Waals surface area contributed by atoms with Gasteiger partial charge in [-0.15, -0.1) is 0 Å². The minimum atomic E-state index is -3.01. The SMILES string of the molecule is CS(=O)(=O)/C=C/C(N)C1CCCC1. The molecule has 1 rings (SSSR count). The van der Waals surface area contributed by atoms with Crippen LogP contribution in [0.25, 0.3) is 0 Å². The van der Waals surface area contributed by atoms with Crippen molar-refractivity contribution in [2.24, 2.45) is 11.7 Å². The fourth-order valence-corrected chi connectivity index (χ4v) is 2.20. The van der Waals surface area contributed by atoms with Gasteiger partial charge in [0.15, 0.2) is 9.84 Å². The van der Waals surface area contributed by atoms with Gasteiger partial charge >= 0.3 is 0 Å². The predicted molar refractivity (Wildman–Crippen MR) is 53.9 cm³/mol. The zero-order valence-corrected chi connectivity index (χ0v) is 8.76. The van der Waals surface area contributed by atoms with Crippen LogP contribution in [0.4, 0.5) is 0 Å². The molecule has 0 saturated heterocycles. The van der Waals surface area contributed by atoms with Crippen molar-refractivity contribution in [3.63, 3.8) is 0 Å². The van der Waals surface area contributed by atoms with E-state index in [9.17, 15) is 8.42 Å². The fourth-order valence-electron chi connectivity index (χ4n) is 1.73. The Morgan fingerprint density at radius 1 is 1.38 bits per heavy atom. The van der Waals surface area contributed by atoms with Gasteiger partial charge in [-0.1, -0.05) is 18.9 Å². The quantitative estimate of drug-likeness (QED) is 0.746. The molecule has 1 fully saturated rings. The number of sulfone groups is 1. The van der Waals surface area contributed by atoms with E-state index in [0.29, 0.717) is 5.92 Å². The third-order valence-corrected chi connectivity index (χ3v) is 3.14. The average Bonchev–Trinajstić information content (AvgIpc) is 2.50. The van der Waals surface area contributed by atoms with Gasteiger partial charge in [-0.2, -0.15) is 0 Å². The maximum atomic E-state index is 10.8. The van der Waals surface area contributed by atoms with Crippen molar-refractivity contribution in [1.82, 2.24) is 0 Å². The topological polar surface area (TPSA) is 60.2 Å². The molecule has 1 aliphatic carbocycles. The van der Waals surface area contributed by atoms with Gasteiger partial charge in [-0.05, 0) is 18.8 Å². The monoisotopic (exact) mass is 203 g/mol. The van der Waals surface area contributed by atoms with Gasteiger partial charge in [0.05, 0.1) is 0 Å². The summed E-state index contributed by atoms with van der Waals surface area (Å²) in [4.78, 5) is 0. The van der Waals surface area contributed by atoms with Gasteiger partial charge in [-0.3, -0.25) is 0 Å². The van der Waals surface area contributed by atoms with Gasteiger partial charge in [0, 0.05) is 17.7 Å². The van der Waals surface area contributed by atoms with Gasteiger partial charge in [-0.25, -0.2) is 8.42 Å². The highest BCUT2D eigenvalue weighted by atomic mass is 32.2. The van der Waals surface area contributed by atoms with Crippen LogP contribution in [0.15, 0.2) is 11.5 Å². The second-order valence-corrected chi connectivity index (χ2v) is 5.71. The Hall–Kier alpha value is -0.350. The summed E-state index contributed by atoms with van der Waals surface area (Å²) in [5.41, 5.74) is 5.83. The first-order chi connectivity index (χ1) is 5.99. The van der Waals surface area contributed by atoms with Crippen molar-refractivity contribution in [2.75, 3.05) is 6.26 Å². The molecule has 13 heavy (non-hydrogen) atoms. The summed E-state index contributed by atoms with van der Waals surface area (Å²) >= 11 is 0. The maximum Gasteiger partial charge on any atom is 0.168 e. The molecule has 1 aliphatic rings. The number of nitrogens with two attached hydrogens (primary N) is 1. The lowest BCUT2D eigenvalue weighted by Gasteiger charge is -2.13. The highest BCUT2D eigenvalue weighted by Gasteiger charge is 2.19. The fraction of sp³-hybridized carbons (Fsp3) is 0.778. The Balaban J connectivity index is 2.49. The third-order valence-electron chi connectivity index (χ3n) is 2.49. The molecule has 0 aromatic carbocycles. The van der Waals surface area contributed by atoms with Crippen molar-refractivity contribution in [3.8, 4) is 0 Å². The van der Waals surface area contributed by atoms with E-state index in [1.54, 1.807) is 6.08 Å². The molecule has 0 aromatic rings. The van der Waals surface area contributed by atoms with Crippen molar-refractivity contribution in [3.05, 3.63) is 11.5 Å². The van der Waals surface area contributed by atoms with E-state index in [1.807, 2.05) is 0 Å². The van der Waals surface area contributed by atoms with E-state index < -0.39 is 9.84 Å². The van der Waals surface area contributed by atoms with E-state index in [2.05, 4.69) is 0 Å². The van der Waals surface area contributed by atoms with Crippen LogP contribution in [0.5, 0.6) is 0 Å². The van der Waals surface area contributed by atoms with Crippen LogP contribution < -0.4 is 5.73 Å². The second kappa shape index (κ2) is 4.24. The molecule has 0 amide bonds. The van der Waals surface area contributed by atoms with E-state index in [-0.39, 0.29) is 6.04 Å². The molecule has 0 heterocycles. The third kappa shape index (κ3) is 3.91. The Bertz CT molecular complexity index is 276. The summed E-state index contributed by atoms with van der Waals surface area (Å²) in [7, 11) is -3.01. The van der Waals surface area contributed by atoms with Gasteiger partial charge < -0.3 is 5.73 Å². The first-order valence-electron chi connectivity index (χ1n) is 4.63. The van der Waals surface area contributed by atoms with Crippen molar-refractivity contribution < 1.29 is 8.42 Å². The Morgan fingerprint density at radius 2 is 1.92 bits per heavy atom. The van der Waals surface area contributed by atoms with Gasteiger partial charge in [0.2, 0.25) is 0 Å². The minimum Gasteiger partial charge on any atom is -0.324 e. The van der Waals surface area contributed by atoms with E-state index >= 15 is 0 Å². The van der Waals surface area contributed by atoms with Gasteiger partial charge in [0.1, 0.15) is 0 Å². The molecule has 2 N–H and O–H groups in total. The smallest absolute Gasteiger partial charge is 0.168 e. The largest absolute Gasteiger partial charge is 0.324 e. The Kier molecular flexibility index (Phi) is 3.50. The summed E-state index contributed by atoms with van der Waals surface area (Å²) in [5, 5.41) is 1.22. The van der Waals surface area contributed by atoms with Crippen LogP contribution in [0.1, 0.15) is 25.7 Å². The molecule has 4 heteroatoms. The van der Waals surface area contributed by atoms with Crippen LogP contribution >= 0.6 is 0 Å². The van der Waals surface area contributed by atoms with Crippen molar-refractivity contribution in [2.45, 2.75) is 31.7 Å². The van der Waals surface area contributed by atoms with Gasteiger partial charge in [0.25, 0.3) is 0 Å².